The summed E-state index contributed by atoms with van der Waals surface area (Å²) in [5, 5.41) is 5.24. The quantitative estimate of drug-likeness (QED) is 0.511. The van der Waals surface area contributed by atoms with Crippen molar-refractivity contribution in [2.24, 2.45) is 0 Å². The summed E-state index contributed by atoms with van der Waals surface area (Å²) in [4.78, 5) is 36.1. The molecule has 1 aliphatic rings. The fraction of sp³-hybridized carbons (Fsp3) is 0.348. The summed E-state index contributed by atoms with van der Waals surface area (Å²) in [6.45, 7) is 2.16. The van der Waals surface area contributed by atoms with Crippen molar-refractivity contribution < 1.29 is 23.5 Å². The number of nitrogens with one attached hydrogen (secondary N) is 2. The topological polar surface area (TPSA) is 84.5 Å². The second kappa shape index (κ2) is 9.52. The van der Waals surface area contributed by atoms with E-state index in [0.29, 0.717) is 31.4 Å². The highest BCUT2D eigenvalue weighted by Gasteiger charge is 2.42. The highest BCUT2D eigenvalue weighted by atomic mass is 19.1. The fourth-order valence-electron chi connectivity index (χ4n) is 3.64. The predicted octanol–water partition coefficient (Wildman–Crippen LogP) is 3.71. The summed E-state index contributed by atoms with van der Waals surface area (Å²) in [5.74, 6) is -0.944. The van der Waals surface area contributed by atoms with Gasteiger partial charge in [0.1, 0.15) is 0 Å². The number of hydrogen-bond acceptors (Lipinski definition) is 4. The monoisotopic (exact) mass is 412 g/mol. The fourth-order valence-corrected chi connectivity index (χ4v) is 3.64. The number of ether oxygens (including phenoxy) is 1. The lowest BCUT2D eigenvalue weighted by Gasteiger charge is -2.35. The van der Waals surface area contributed by atoms with Crippen molar-refractivity contribution in [2.45, 2.75) is 44.4 Å². The van der Waals surface area contributed by atoms with Crippen LogP contribution in [0.1, 0.15) is 44.6 Å². The molecule has 158 valence electrons. The van der Waals surface area contributed by atoms with E-state index in [1.807, 2.05) is 19.1 Å². The molecular weight excluding hydrogens is 387 g/mol. The van der Waals surface area contributed by atoms with Crippen LogP contribution in [0.15, 0.2) is 48.5 Å². The highest BCUT2D eigenvalue weighted by Crippen LogP contribution is 2.36. The zero-order valence-corrected chi connectivity index (χ0v) is 16.9. The van der Waals surface area contributed by atoms with E-state index in [2.05, 4.69) is 10.6 Å². The van der Waals surface area contributed by atoms with Crippen LogP contribution >= 0.6 is 0 Å². The predicted molar refractivity (Wildman–Crippen MR) is 111 cm³/mol. The number of rotatable bonds is 8. The Morgan fingerprint density at radius 1 is 1.17 bits per heavy atom. The number of amides is 3. The van der Waals surface area contributed by atoms with E-state index in [1.165, 1.54) is 6.07 Å². The van der Waals surface area contributed by atoms with E-state index in [1.54, 1.807) is 30.3 Å². The van der Waals surface area contributed by atoms with E-state index in [0.717, 1.165) is 5.56 Å². The van der Waals surface area contributed by atoms with Crippen LogP contribution in [0.4, 0.5) is 10.1 Å². The van der Waals surface area contributed by atoms with E-state index < -0.39 is 11.2 Å². The maximum Gasteiger partial charge on any atom is 0.237 e. The Bertz CT molecular complexity index is 929. The largest absolute Gasteiger partial charge is 0.491 e. The van der Waals surface area contributed by atoms with E-state index in [-0.39, 0.29) is 36.5 Å². The lowest BCUT2D eigenvalue weighted by molar-refractivity contribution is -0.138. The van der Waals surface area contributed by atoms with Crippen LogP contribution in [0.3, 0.4) is 0 Å². The zero-order valence-electron chi connectivity index (χ0n) is 16.9. The van der Waals surface area contributed by atoms with Gasteiger partial charge in [0.15, 0.2) is 11.6 Å². The lowest BCUT2D eigenvalue weighted by Crippen LogP contribution is -2.51. The molecule has 6 nitrogen and oxygen atoms in total. The molecule has 3 amide bonds. The zero-order chi connectivity index (χ0) is 21.6. The number of carbonyl (C=O) groups is 3. The number of imide groups is 1. The first-order chi connectivity index (χ1) is 14.4. The second-order valence-electron chi connectivity index (χ2n) is 7.32. The third-order valence-corrected chi connectivity index (χ3v) is 5.43. The Balaban J connectivity index is 1.51. The normalized spacial score (nSPS) is 18.6. The van der Waals surface area contributed by atoms with Crippen molar-refractivity contribution >= 4 is 23.4 Å². The maximum absolute atomic E-state index is 13.5. The second-order valence-corrected chi connectivity index (χ2v) is 7.32. The number of benzene rings is 2. The minimum Gasteiger partial charge on any atom is -0.491 e. The average Bonchev–Trinajstić information content (AvgIpc) is 2.74. The maximum atomic E-state index is 13.5. The van der Waals surface area contributed by atoms with Gasteiger partial charge in [-0.05, 0) is 49.1 Å². The summed E-state index contributed by atoms with van der Waals surface area (Å²) >= 11 is 0. The van der Waals surface area contributed by atoms with Gasteiger partial charge in [-0.15, -0.1) is 0 Å². The third-order valence-electron chi connectivity index (χ3n) is 5.43. The molecule has 3 rings (SSSR count). The van der Waals surface area contributed by atoms with Crippen molar-refractivity contribution in [2.75, 3.05) is 11.9 Å². The summed E-state index contributed by atoms with van der Waals surface area (Å²) < 4.78 is 18.8. The smallest absolute Gasteiger partial charge is 0.237 e. The van der Waals surface area contributed by atoms with Crippen LogP contribution in [-0.2, 0) is 19.8 Å². The molecule has 0 spiro atoms. The molecule has 1 aliphatic heterocycles. The van der Waals surface area contributed by atoms with Gasteiger partial charge in [0, 0.05) is 18.5 Å². The minimum atomic E-state index is -0.722. The van der Waals surface area contributed by atoms with Crippen molar-refractivity contribution in [3.8, 4) is 5.75 Å². The van der Waals surface area contributed by atoms with Crippen molar-refractivity contribution in [3.05, 3.63) is 59.9 Å². The van der Waals surface area contributed by atoms with Crippen LogP contribution in [-0.4, -0.2) is 24.3 Å². The molecule has 1 heterocycles. The molecule has 0 aromatic heterocycles. The first-order valence-corrected chi connectivity index (χ1v) is 10.1. The molecule has 1 unspecified atom stereocenters. The van der Waals surface area contributed by atoms with Crippen LogP contribution in [0, 0.1) is 5.82 Å². The molecule has 7 heteroatoms. The molecule has 2 aromatic carbocycles. The van der Waals surface area contributed by atoms with E-state index in [9.17, 15) is 18.8 Å². The molecular formula is C23H25FN2O4. The van der Waals surface area contributed by atoms with Crippen molar-refractivity contribution in [3.63, 3.8) is 0 Å². The van der Waals surface area contributed by atoms with E-state index >= 15 is 0 Å². The standard InChI is InChI=1S/C23H25FN2O4/c1-2-23(14-13-21(28)26-22(23)29)16-9-11-17(12-10-16)25-20(27)8-5-15-30-19-7-4-3-6-18(19)24/h3-4,6-7,9-12H,2,5,8,13-15H2,1H3,(H,25,27)(H,26,28,29). The molecule has 1 atom stereocenters. The number of para-hydroxylation sites is 1. The first-order valence-electron chi connectivity index (χ1n) is 10.1. The summed E-state index contributed by atoms with van der Waals surface area (Å²) in [6.07, 6.45) is 2.06. The summed E-state index contributed by atoms with van der Waals surface area (Å²) in [7, 11) is 0. The van der Waals surface area contributed by atoms with Crippen LogP contribution in [0.2, 0.25) is 0 Å². The molecule has 0 aliphatic carbocycles. The van der Waals surface area contributed by atoms with Gasteiger partial charge < -0.3 is 10.1 Å². The Hall–Kier alpha value is -3.22. The Morgan fingerprint density at radius 2 is 1.90 bits per heavy atom. The van der Waals surface area contributed by atoms with Crippen LogP contribution in [0.5, 0.6) is 5.75 Å². The molecule has 1 fully saturated rings. The summed E-state index contributed by atoms with van der Waals surface area (Å²) in [6, 6.07) is 13.3. The molecule has 0 bridgehead atoms. The lowest BCUT2D eigenvalue weighted by atomic mass is 9.72. The summed E-state index contributed by atoms with van der Waals surface area (Å²) in [5.41, 5.74) is 0.726. The van der Waals surface area contributed by atoms with Gasteiger partial charge in [-0.25, -0.2) is 4.39 Å². The van der Waals surface area contributed by atoms with Gasteiger partial charge in [0.25, 0.3) is 0 Å². The Morgan fingerprint density at radius 3 is 2.57 bits per heavy atom. The Labute approximate surface area is 174 Å². The molecule has 0 radical (unpaired) electrons. The third kappa shape index (κ3) is 4.84. The highest BCUT2D eigenvalue weighted by molar-refractivity contribution is 6.03. The first kappa shape index (κ1) is 21.5. The van der Waals surface area contributed by atoms with Gasteiger partial charge in [-0.2, -0.15) is 0 Å². The number of halogens is 1. The van der Waals surface area contributed by atoms with Crippen molar-refractivity contribution in [1.82, 2.24) is 5.32 Å². The number of carbonyl (C=O) groups excluding carboxylic acids is 3. The van der Waals surface area contributed by atoms with Gasteiger partial charge in [-0.1, -0.05) is 31.2 Å². The molecule has 0 saturated carbocycles. The number of anilines is 1. The minimum absolute atomic E-state index is 0.173. The van der Waals surface area contributed by atoms with Gasteiger partial charge in [-0.3, -0.25) is 19.7 Å². The molecule has 1 saturated heterocycles. The number of hydrogen-bond donors (Lipinski definition) is 2. The Kier molecular flexibility index (Phi) is 6.82. The van der Waals surface area contributed by atoms with E-state index in [4.69, 9.17) is 4.74 Å². The van der Waals surface area contributed by atoms with Crippen LogP contribution < -0.4 is 15.4 Å². The number of piperidine rings is 1. The van der Waals surface area contributed by atoms with Gasteiger partial charge in [0.2, 0.25) is 17.7 Å². The molecule has 2 N–H and O–H groups in total. The van der Waals surface area contributed by atoms with Gasteiger partial charge >= 0.3 is 0 Å². The van der Waals surface area contributed by atoms with Gasteiger partial charge in [0.05, 0.1) is 12.0 Å². The van der Waals surface area contributed by atoms with Crippen molar-refractivity contribution in [1.29, 1.82) is 0 Å². The average molecular weight is 412 g/mol. The molecule has 30 heavy (non-hydrogen) atoms. The SMILES string of the molecule is CCC1(c2ccc(NC(=O)CCCOc3ccccc3F)cc2)CCC(=O)NC1=O. The van der Waals surface area contributed by atoms with Crippen LogP contribution in [0.25, 0.3) is 0 Å². The molecule has 2 aromatic rings.